The van der Waals surface area contributed by atoms with Gasteiger partial charge in [-0.3, -0.25) is 9.79 Å². The van der Waals surface area contributed by atoms with E-state index in [1.54, 1.807) is 19.1 Å². The Labute approximate surface area is 117 Å². The lowest BCUT2D eigenvalue weighted by Crippen LogP contribution is -2.46. The number of rotatable bonds is 6. The first-order valence-electron chi connectivity index (χ1n) is 6.56. The molecule has 4 N–H and O–H groups in total. The first-order chi connectivity index (χ1) is 9.56. The van der Waals surface area contributed by atoms with Gasteiger partial charge in [-0.1, -0.05) is 0 Å². The van der Waals surface area contributed by atoms with Crippen molar-refractivity contribution in [3.05, 3.63) is 29.8 Å². The molecule has 0 spiro atoms. The van der Waals surface area contributed by atoms with Crippen molar-refractivity contribution >= 4 is 11.8 Å². The molecule has 0 amide bonds. The molecule has 0 bridgehead atoms. The zero-order valence-electron chi connectivity index (χ0n) is 11.4. The summed E-state index contributed by atoms with van der Waals surface area (Å²) in [5, 5.41) is 11.9. The minimum absolute atomic E-state index is 0.145. The van der Waals surface area contributed by atoms with Gasteiger partial charge in [-0.2, -0.15) is 0 Å². The third kappa shape index (κ3) is 3.71. The number of nitrogens with one attached hydrogen (secondary N) is 1. The van der Waals surface area contributed by atoms with Crippen LogP contribution in [0.3, 0.4) is 0 Å². The highest BCUT2D eigenvalue weighted by molar-refractivity contribution is 5.97. The van der Waals surface area contributed by atoms with Gasteiger partial charge in [0.2, 0.25) is 0 Å². The molecule has 1 aliphatic heterocycles. The standard InChI is InChI=1S/C14H19N3O3/c1-9(14(18)19)8-20-12-4-2-10(3-5-12)13(15)17-11-6-16-7-11/h2-5,9,11,16H,6-8H2,1H3,(H2,15,17)(H,18,19). The molecule has 1 aromatic carbocycles. The van der Waals surface area contributed by atoms with Crippen molar-refractivity contribution in [1.29, 1.82) is 0 Å². The van der Waals surface area contributed by atoms with Gasteiger partial charge in [-0.25, -0.2) is 0 Å². The Morgan fingerprint density at radius 3 is 2.65 bits per heavy atom. The molecule has 0 aliphatic carbocycles. The number of hydrogen-bond donors (Lipinski definition) is 3. The lowest BCUT2D eigenvalue weighted by molar-refractivity contribution is -0.142. The first kappa shape index (κ1) is 14.3. The average molecular weight is 277 g/mol. The molecule has 1 aliphatic rings. The molecule has 1 unspecified atom stereocenters. The summed E-state index contributed by atoms with van der Waals surface area (Å²) < 4.78 is 5.41. The zero-order chi connectivity index (χ0) is 14.5. The number of nitrogens with two attached hydrogens (primary N) is 1. The summed E-state index contributed by atoms with van der Waals surface area (Å²) in [6.45, 7) is 3.49. The number of hydrogen-bond acceptors (Lipinski definition) is 4. The number of aliphatic carboxylic acids is 1. The third-order valence-electron chi connectivity index (χ3n) is 3.15. The molecular weight excluding hydrogens is 258 g/mol. The molecule has 1 fully saturated rings. The molecule has 1 aromatic rings. The molecule has 20 heavy (non-hydrogen) atoms. The quantitative estimate of drug-likeness (QED) is 0.518. The summed E-state index contributed by atoms with van der Waals surface area (Å²) in [7, 11) is 0. The first-order valence-corrected chi connectivity index (χ1v) is 6.56. The Hall–Kier alpha value is -2.08. The van der Waals surface area contributed by atoms with E-state index in [0.717, 1.165) is 18.7 Å². The van der Waals surface area contributed by atoms with Crippen molar-refractivity contribution in [1.82, 2.24) is 5.32 Å². The lowest BCUT2D eigenvalue weighted by Gasteiger charge is -2.23. The van der Waals surface area contributed by atoms with Crippen molar-refractivity contribution < 1.29 is 14.6 Å². The maximum Gasteiger partial charge on any atom is 0.309 e. The van der Waals surface area contributed by atoms with Gasteiger partial charge < -0.3 is 20.9 Å². The maximum absolute atomic E-state index is 10.7. The van der Waals surface area contributed by atoms with Crippen molar-refractivity contribution in [3.8, 4) is 5.75 Å². The van der Waals surface area contributed by atoms with Crippen LogP contribution in [0.1, 0.15) is 12.5 Å². The number of nitrogens with zero attached hydrogens (tertiary/aromatic N) is 1. The molecule has 0 saturated carbocycles. The Morgan fingerprint density at radius 2 is 2.15 bits per heavy atom. The minimum Gasteiger partial charge on any atom is -0.493 e. The maximum atomic E-state index is 10.7. The number of aliphatic imine (C=N–C) groups is 1. The summed E-state index contributed by atoms with van der Waals surface area (Å²) in [5.41, 5.74) is 6.76. The van der Waals surface area contributed by atoms with Crippen LogP contribution in [0, 0.1) is 5.92 Å². The molecule has 0 radical (unpaired) electrons. The second-order valence-corrected chi connectivity index (χ2v) is 4.90. The molecule has 6 heteroatoms. The zero-order valence-corrected chi connectivity index (χ0v) is 11.4. The second kappa shape index (κ2) is 6.38. The summed E-state index contributed by atoms with van der Waals surface area (Å²) in [4.78, 5) is 15.1. The molecule has 1 saturated heterocycles. The van der Waals surface area contributed by atoms with Crippen LogP contribution in [0.25, 0.3) is 0 Å². The van der Waals surface area contributed by atoms with E-state index in [4.69, 9.17) is 15.6 Å². The van der Waals surface area contributed by atoms with Crippen LogP contribution in [-0.4, -0.2) is 42.6 Å². The molecule has 0 aromatic heterocycles. The van der Waals surface area contributed by atoms with E-state index >= 15 is 0 Å². The van der Waals surface area contributed by atoms with Crippen LogP contribution in [0.5, 0.6) is 5.75 Å². The molecule has 6 nitrogen and oxygen atoms in total. The largest absolute Gasteiger partial charge is 0.493 e. The van der Waals surface area contributed by atoms with E-state index < -0.39 is 11.9 Å². The predicted octanol–water partition coefficient (Wildman–Crippen LogP) is 0.463. The van der Waals surface area contributed by atoms with Crippen LogP contribution in [0.2, 0.25) is 0 Å². The van der Waals surface area contributed by atoms with Crippen molar-refractivity contribution in [3.63, 3.8) is 0 Å². The summed E-state index contributed by atoms with van der Waals surface area (Å²) >= 11 is 0. The van der Waals surface area contributed by atoms with Gasteiger partial charge >= 0.3 is 5.97 Å². The van der Waals surface area contributed by atoms with Crippen LogP contribution >= 0.6 is 0 Å². The Morgan fingerprint density at radius 1 is 1.50 bits per heavy atom. The molecule has 108 valence electrons. The van der Waals surface area contributed by atoms with E-state index in [-0.39, 0.29) is 12.6 Å². The highest BCUT2D eigenvalue weighted by atomic mass is 16.5. The highest BCUT2D eigenvalue weighted by Crippen LogP contribution is 2.14. The smallest absolute Gasteiger partial charge is 0.309 e. The SMILES string of the molecule is CC(COc1ccc(C(N)=NC2CNC2)cc1)C(=O)O. The lowest BCUT2D eigenvalue weighted by atomic mass is 10.1. The minimum atomic E-state index is -0.868. The Kier molecular flexibility index (Phi) is 4.57. The molecular formula is C14H19N3O3. The van der Waals surface area contributed by atoms with Gasteiger partial charge in [-0.15, -0.1) is 0 Å². The number of benzene rings is 1. The highest BCUT2D eigenvalue weighted by Gasteiger charge is 2.16. The number of amidine groups is 1. The summed E-state index contributed by atoms with van der Waals surface area (Å²) in [5.74, 6) is -0.263. The van der Waals surface area contributed by atoms with E-state index in [1.165, 1.54) is 0 Å². The van der Waals surface area contributed by atoms with Gasteiger partial charge in [0.05, 0.1) is 12.0 Å². The van der Waals surface area contributed by atoms with Gasteiger partial charge in [0.1, 0.15) is 18.2 Å². The van der Waals surface area contributed by atoms with E-state index in [1.807, 2.05) is 12.1 Å². The summed E-state index contributed by atoms with van der Waals surface area (Å²) in [6.07, 6.45) is 0. The van der Waals surface area contributed by atoms with Gasteiger partial charge in [0, 0.05) is 18.7 Å². The fourth-order valence-electron chi connectivity index (χ4n) is 1.65. The molecule has 1 heterocycles. The number of carboxylic acid groups (broad SMARTS) is 1. The van der Waals surface area contributed by atoms with Gasteiger partial charge in [-0.05, 0) is 31.2 Å². The Balaban J connectivity index is 1.92. The fourth-order valence-corrected chi connectivity index (χ4v) is 1.65. The van der Waals surface area contributed by atoms with Crippen LogP contribution in [0.4, 0.5) is 0 Å². The third-order valence-corrected chi connectivity index (χ3v) is 3.15. The number of carbonyl (C=O) groups is 1. The topological polar surface area (TPSA) is 96.9 Å². The Bertz CT molecular complexity index is 495. The summed E-state index contributed by atoms with van der Waals surface area (Å²) in [6, 6.07) is 7.45. The fraction of sp³-hybridized carbons (Fsp3) is 0.429. The van der Waals surface area contributed by atoms with Crippen molar-refractivity contribution in [2.24, 2.45) is 16.6 Å². The van der Waals surface area contributed by atoms with Gasteiger partial charge in [0.15, 0.2) is 0 Å². The number of ether oxygens (including phenoxy) is 1. The van der Waals surface area contributed by atoms with Crippen LogP contribution in [0.15, 0.2) is 29.3 Å². The monoisotopic (exact) mass is 277 g/mol. The predicted molar refractivity (Wildman–Crippen MR) is 76.1 cm³/mol. The molecule has 2 rings (SSSR count). The van der Waals surface area contributed by atoms with Crippen LogP contribution in [-0.2, 0) is 4.79 Å². The van der Waals surface area contributed by atoms with Crippen molar-refractivity contribution in [2.45, 2.75) is 13.0 Å². The molecule has 1 atom stereocenters. The van der Waals surface area contributed by atoms with E-state index in [9.17, 15) is 4.79 Å². The van der Waals surface area contributed by atoms with Gasteiger partial charge in [0.25, 0.3) is 0 Å². The van der Waals surface area contributed by atoms with Crippen molar-refractivity contribution in [2.75, 3.05) is 19.7 Å². The average Bonchev–Trinajstić information content (AvgIpc) is 2.40. The normalized spacial score (nSPS) is 17.4. The van der Waals surface area contributed by atoms with E-state index in [2.05, 4.69) is 10.3 Å². The number of carboxylic acids is 1. The van der Waals surface area contributed by atoms with Crippen LogP contribution < -0.4 is 15.8 Å². The van der Waals surface area contributed by atoms with E-state index in [0.29, 0.717) is 11.6 Å². The second-order valence-electron chi connectivity index (χ2n) is 4.90.